The molecule has 1 amide bonds. The van der Waals surface area contributed by atoms with Crippen molar-refractivity contribution in [2.45, 2.75) is 6.18 Å². The molecule has 4 nitrogen and oxygen atoms in total. The molecule has 0 bridgehead atoms. The number of para-hydroxylation sites is 1. The van der Waals surface area contributed by atoms with Gasteiger partial charge in [0.25, 0.3) is 5.91 Å². The molecule has 0 atom stereocenters. The molecular weight excluding hydrogens is 351 g/mol. The third-order valence-corrected chi connectivity index (χ3v) is 4.57. The Kier molecular flexibility index (Phi) is 4.38. The van der Waals surface area contributed by atoms with Crippen molar-refractivity contribution in [3.63, 3.8) is 0 Å². The zero-order valence-corrected chi connectivity index (χ0v) is 14.2. The van der Waals surface area contributed by atoms with E-state index in [1.165, 1.54) is 4.90 Å². The van der Waals surface area contributed by atoms with E-state index in [1.54, 1.807) is 56.6 Å². The maximum atomic E-state index is 13.4. The molecule has 0 aliphatic heterocycles. The van der Waals surface area contributed by atoms with E-state index >= 15 is 0 Å². The predicted molar refractivity (Wildman–Crippen MR) is 89.9 cm³/mol. The van der Waals surface area contributed by atoms with Gasteiger partial charge in [-0.05, 0) is 30.3 Å². The molecule has 0 saturated carbocycles. The van der Waals surface area contributed by atoms with Crippen molar-refractivity contribution >= 4 is 17.2 Å². The van der Waals surface area contributed by atoms with Gasteiger partial charge in [-0.2, -0.15) is 18.3 Å². The maximum Gasteiger partial charge on any atom is 0.433 e. The first kappa shape index (κ1) is 17.2. The highest BCUT2D eigenvalue weighted by Gasteiger charge is 2.36. The fourth-order valence-corrected chi connectivity index (χ4v) is 3.26. The van der Waals surface area contributed by atoms with E-state index < -0.39 is 11.9 Å². The van der Waals surface area contributed by atoms with Crippen molar-refractivity contribution in [1.29, 1.82) is 0 Å². The number of amides is 1. The number of hydrogen-bond acceptors (Lipinski definition) is 3. The Hall–Kier alpha value is -2.61. The number of halogens is 3. The first-order valence-electron chi connectivity index (χ1n) is 7.32. The summed E-state index contributed by atoms with van der Waals surface area (Å²) < 4.78 is 41.0. The Morgan fingerprint density at radius 2 is 1.80 bits per heavy atom. The molecule has 0 fully saturated rings. The first-order valence-corrected chi connectivity index (χ1v) is 8.13. The van der Waals surface area contributed by atoms with Gasteiger partial charge < -0.3 is 4.90 Å². The molecule has 0 spiro atoms. The van der Waals surface area contributed by atoms with Crippen LogP contribution in [0.5, 0.6) is 0 Å². The minimum absolute atomic E-state index is 0.180. The number of rotatable bonds is 3. The second-order valence-electron chi connectivity index (χ2n) is 5.52. The molecule has 130 valence electrons. The lowest BCUT2D eigenvalue weighted by Gasteiger charge is -2.09. The number of benzene rings is 1. The van der Waals surface area contributed by atoms with Crippen LogP contribution in [0.25, 0.3) is 16.3 Å². The molecule has 0 aliphatic rings. The molecule has 1 aromatic carbocycles. The van der Waals surface area contributed by atoms with E-state index in [2.05, 4.69) is 5.10 Å². The van der Waals surface area contributed by atoms with E-state index in [4.69, 9.17) is 0 Å². The maximum absolute atomic E-state index is 13.4. The number of aromatic nitrogens is 2. The minimum atomic E-state index is -4.54. The minimum Gasteiger partial charge on any atom is -0.344 e. The molecule has 3 rings (SSSR count). The van der Waals surface area contributed by atoms with Crippen LogP contribution in [0.4, 0.5) is 13.2 Å². The van der Waals surface area contributed by atoms with Crippen LogP contribution in [0.3, 0.4) is 0 Å². The Morgan fingerprint density at radius 3 is 2.40 bits per heavy atom. The summed E-state index contributed by atoms with van der Waals surface area (Å²) >= 11 is 1.12. The van der Waals surface area contributed by atoms with Crippen molar-refractivity contribution in [3.05, 3.63) is 59.1 Å². The van der Waals surface area contributed by atoms with Crippen LogP contribution in [0, 0.1) is 0 Å². The standard InChI is InChI=1S/C17H14F3N3OS/c1-22(2)16(24)14-9-8-13(25-14)12-10-15(17(18,19)20)23(21-12)11-6-4-3-5-7-11/h3-10H,1-2H3. The molecule has 0 aliphatic carbocycles. The normalized spacial score (nSPS) is 11.6. The summed E-state index contributed by atoms with van der Waals surface area (Å²) in [6.45, 7) is 0. The van der Waals surface area contributed by atoms with Crippen LogP contribution in [0.15, 0.2) is 48.5 Å². The van der Waals surface area contributed by atoms with Gasteiger partial charge >= 0.3 is 6.18 Å². The van der Waals surface area contributed by atoms with Crippen molar-refractivity contribution in [2.75, 3.05) is 14.1 Å². The number of carbonyl (C=O) groups is 1. The molecule has 0 N–H and O–H groups in total. The van der Waals surface area contributed by atoms with Gasteiger partial charge in [-0.3, -0.25) is 4.79 Å². The van der Waals surface area contributed by atoms with E-state index in [1.807, 2.05) is 0 Å². The molecule has 3 aromatic rings. The monoisotopic (exact) mass is 365 g/mol. The Morgan fingerprint density at radius 1 is 1.12 bits per heavy atom. The average Bonchev–Trinajstić information content (AvgIpc) is 3.21. The molecule has 2 heterocycles. The lowest BCUT2D eigenvalue weighted by Crippen LogP contribution is -2.20. The van der Waals surface area contributed by atoms with Crippen molar-refractivity contribution < 1.29 is 18.0 Å². The van der Waals surface area contributed by atoms with E-state index in [0.29, 0.717) is 15.4 Å². The van der Waals surface area contributed by atoms with Crippen LogP contribution in [0.1, 0.15) is 15.4 Å². The molecular formula is C17H14F3N3OS. The van der Waals surface area contributed by atoms with Gasteiger partial charge in [0.2, 0.25) is 0 Å². The number of hydrogen-bond donors (Lipinski definition) is 0. The summed E-state index contributed by atoms with van der Waals surface area (Å²) in [7, 11) is 3.24. The number of nitrogens with zero attached hydrogens (tertiary/aromatic N) is 3. The SMILES string of the molecule is CN(C)C(=O)c1ccc(-c2cc(C(F)(F)F)n(-c3ccccc3)n2)s1. The topological polar surface area (TPSA) is 38.1 Å². The summed E-state index contributed by atoms with van der Waals surface area (Å²) in [4.78, 5) is 14.3. The molecule has 8 heteroatoms. The summed E-state index contributed by atoms with van der Waals surface area (Å²) in [5.74, 6) is -0.199. The molecule has 0 unspecified atom stereocenters. The molecule has 25 heavy (non-hydrogen) atoms. The number of thiophene rings is 1. The van der Waals surface area contributed by atoms with Crippen LogP contribution in [-0.2, 0) is 6.18 Å². The van der Waals surface area contributed by atoms with Gasteiger partial charge in [-0.15, -0.1) is 11.3 Å². The lowest BCUT2D eigenvalue weighted by molar-refractivity contribution is -0.142. The average molecular weight is 365 g/mol. The van der Waals surface area contributed by atoms with Crippen molar-refractivity contribution in [1.82, 2.24) is 14.7 Å². The zero-order valence-electron chi connectivity index (χ0n) is 13.4. The van der Waals surface area contributed by atoms with Gasteiger partial charge in [-0.1, -0.05) is 18.2 Å². The van der Waals surface area contributed by atoms with Gasteiger partial charge in [-0.25, -0.2) is 4.68 Å². The van der Waals surface area contributed by atoms with Crippen LogP contribution >= 0.6 is 11.3 Å². The predicted octanol–water partition coefficient (Wildman–Crippen LogP) is 4.32. The van der Waals surface area contributed by atoms with Gasteiger partial charge in [0.15, 0.2) is 0 Å². The van der Waals surface area contributed by atoms with Crippen LogP contribution in [-0.4, -0.2) is 34.7 Å². The van der Waals surface area contributed by atoms with Crippen molar-refractivity contribution in [2.24, 2.45) is 0 Å². The quantitative estimate of drug-likeness (QED) is 0.693. The third kappa shape index (κ3) is 3.43. The van der Waals surface area contributed by atoms with E-state index in [9.17, 15) is 18.0 Å². The van der Waals surface area contributed by atoms with Gasteiger partial charge in [0.1, 0.15) is 11.4 Å². The third-order valence-electron chi connectivity index (χ3n) is 3.48. The summed E-state index contributed by atoms with van der Waals surface area (Å²) in [5, 5.41) is 4.12. The number of carbonyl (C=O) groups excluding carboxylic acids is 1. The second-order valence-corrected chi connectivity index (χ2v) is 6.61. The summed E-state index contributed by atoms with van der Waals surface area (Å²) in [6, 6.07) is 12.3. The highest BCUT2D eigenvalue weighted by atomic mass is 32.1. The highest BCUT2D eigenvalue weighted by Crippen LogP contribution is 2.36. The van der Waals surface area contributed by atoms with Crippen molar-refractivity contribution in [3.8, 4) is 16.3 Å². The Balaban J connectivity index is 2.07. The zero-order chi connectivity index (χ0) is 18.2. The lowest BCUT2D eigenvalue weighted by atomic mass is 10.3. The summed E-state index contributed by atoms with van der Waals surface area (Å²) in [6.07, 6.45) is -4.54. The fraction of sp³-hybridized carbons (Fsp3) is 0.176. The largest absolute Gasteiger partial charge is 0.433 e. The smallest absolute Gasteiger partial charge is 0.344 e. The molecule has 0 radical (unpaired) electrons. The highest BCUT2D eigenvalue weighted by molar-refractivity contribution is 7.17. The first-order chi connectivity index (χ1) is 11.8. The van der Waals surface area contributed by atoms with Crippen LogP contribution in [0.2, 0.25) is 0 Å². The Labute approximate surface area is 146 Å². The fourth-order valence-electron chi connectivity index (χ4n) is 2.28. The molecule has 0 saturated heterocycles. The second kappa shape index (κ2) is 6.36. The van der Waals surface area contributed by atoms with Gasteiger partial charge in [0.05, 0.1) is 15.4 Å². The molecule has 2 aromatic heterocycles. The van der Waals surface area contributed by atoms with Crippen LogP contribution < -0.4 is 0 Å². The summed E-state index contributed by atoms with van der Waals surface area (Å²) in [5.41, 5.74) is -0.358. The van der Waals surface area contributed by atoms with Gasteiger partial charge in [0, 0.05) is 14.1 Å². The van der Waals surface area contributed by atoms with E-state index in [-0.39, 0.29) is 11.6 Å². The Bertz CT molecular complexity index is 898. The van der Waals surface area contributed by atoms with E-state index in [0.717, 1.165) is 22.1 Å². The number of alkyl halides is 3.